The zero-order valence-electron chi connectivity index (χ0n) is 12.5. The molecule has 4 heteroatoms. The van der Waals surface area contributed by atoms with Crippen molar-refractivity contribution in [3.63, 3.8) is 0 Å². The lowest BCUT2D eigenvalue weighted by molar-refractivity contribution is 0.551. The Morgan fingerprint density at radius 3 is 2.75 bits per heavy atom. The van der Waals surface area contributed by atoms with Crippen LogP contribution in [0.2, 0.25) is 0 Å². The highest BCUT2D eigenvalue weighted by Crippen LogP contribution is 2.24. The summed E-state index contributed by atoms with van der Waals surface area (Å²) < 4.78 is 0. The van der Waals surface area contributed by atoms with E-state index in [1.807, 2.05) is 12.4 Å². The molecule has 0 bridgehead atoms. The SMILES string of the molecule is CCC1CCCCCN1c1cnc(CNC2CC2)cn1. The highest BCUT2D eigenvalue weighted by molar-refractivity contribution is 5.37. The van der Waals surface area contributed by atoms with Gasteiger partial charge in [-0.05, 0) is 32.1 Å². The van der Waals surface area contributed by atoms with Gasteiger partial charge in [0.15, 0.2) is 0 Å². The smallest absolute Gasteiger partial charge is 0.147 e. The van der Waals surface area contributed by atoms with E-state index in [-0.39, 0.29) is 0 Å². The molecule has 0 aromatic carbocycles. The summed E-state index contributed by atoms with van der Waals surface area (Å²) >= 11 is 0. The van der Waals surface area contributed by atoms with Gasteiger partial charge in [-0.3, -0.25) is 4.98 Å². The van der Waals surface area contributed by atoms with Crippen molar-refractivity contribution in [2.24, 2.45) is 0 Å². The summed E-state index contributed by atoms with van der Waals surface area (Å²) in [6.45, 7) is 4.27. The average Bonchev–Trinajstić information content (AvgIpc) is 3.32. The van der Waals surface area contributed by atoms with Crippen molar-refractivity contribution in [1.82, 2.24) is 15.3 Å². The van der Waals surface area contributed by atoms with E-state index in [9.17, 15) is 0 Å². The molecule has 0 amide bonds. The normalized spacial score (nSPS) is 23.6. The molecule has 1 aromatic rings. The summed E-state index contributed by atoms with van der Waals surface area (Å²) in [6.07, 6.45) is 13.0. The van der Waals surface area contributed by atoms with E-state index in [0.717, 1.165) is 30.6 Å². The maximum Gasteiger partial charge on any atom is 0.147 e. The van der Waals surface area contributed by atoms with Crippen LogP contribution < -0.4 is 10.2 Å². The van der Waals surface area contributed by atoms with Crippen LogP contribution in [0.5, 0.6) is 0 Å². The van der Waals surface area contributed by atoms with Gasteiger partial charge in [0.25, 0.3) is 0 Å². The lowest BCUT2D eigenvalue weighted by Crippen LogP contribution is -2.35. The molecule has 20 heavy (non-hydrogen) atoms. The van der Waals surface area contributed by atoms with Crippen molar-refractivity contribution < 1.29 is 0 Å². The van der Waals surface area contributed by atoms with Crippen LogP contribution in [0.1, 0.15) is 57.6 Å². The molecule has 0 radical (unpaired) electrons. The molecule has 2 heterocycles. The Balaban J connectivity index is 1.64. The third-order valence-corrected chi connectivity index (χ3v) is 4.48. The summed E-state index contributed by atoms with van der Waals surface area (Å²) in [4.78, 5) is 11.7. The van der Waals surface area contributed by atoms with Gasteiger partial charge in [-0.25, -0.2) is 4.98 Å². The van der Waals surface area contributed by atoms with Gasteiger partial charge < -0.3 is 10.2 Å². The molecule has 2 fully saturated rings. The zero-order valence-corrected chi connectivity index (χ0v) is 12.5. The first-order valence-electron chi connectivity index (χ1n) is 8.17. The summed E-state index contributed by atoms with van der Waals surface area (Å²) in [5, 5.41) is 3.49. The molecule has 3 rings (SSSR count). The van der Waals surface area contributed by atoms with E-state index in [2.05, 4.69) is 27.1 Å². The zero-order chi connectivity index (χ0) is 13.8. The van der Waals surface area contributed by atoms with Gasteiger partial charge >= 0.3 is 0 Å². The van der Waals surface area contributed by atoms with E-state index in [4.69, 9.17) is 0 Å². The van der Waals surface area contributed by atoms with E-state index in [1.165, 1.54) is 44.9 Å². The Bertz CT molecular complexity index is 413. The fraction of sp³-hybridized carbons (Fsp3) is 0.750. The van der Waals surface area contributed by atoms with Gasteiger partial charge in [0, 0.05) is 25.2 Å². The summed E-state index contributed by atoms with van der Waals surface area (Å²) in [6, 6.07) is 1.37. The fourth-order valence-corrected chi connectivity index (χ4v) is 3.03. The third-order valence-electron chi connectivity index (χ3n) is 4.48. The number of nitrogens with zero attached hydrogens (tertiary/aromatic N) is 3. The van der Waals surface area contributed by atoms with Crippen molar-refractivity contribution in [3.05, 3.63) is 18.1 Å². The van der Waals surface area contributed by atoms with Gasteiger partial charge in [-0.2, -0.15) is 0 Å². The van der Waals surface area contributed by atoms with Gasteiger partial charge in [-0.15, -0.1) is 0 Å². The van der Waals surface area contributed by atoms with E-state index in [1.54, 1.807) is 0 Å². The Hall–Kier alpha value is -1.16. The molecule has 1 saturated carbocycles. The number of hydrogen-bond acceptors (Lipinski definition) is 4. The van der Waals surface area contributed by atoms with E-state index in [0.29, 0.717) is 6.04 Å². The molecule has 1 aliphatic carbocycles. The van der Waals surface area contributed by atoms with E-state index < -0.39 is 0 Å². The molecule has 1 unspecified atom stereocenters. The molecular formula is C16H26N4. The molecule has 1 saturated heterocycles. The minimum atomic E-state index is 0.641. The molecule has 2 aliphatic rings. The predicted molar refractivity (Wildman–Crippen MR) is 81.8 cm³/mol. The Labute approximate surface area is 122 Å². The number of hydrogen-bond donors (Lipinski definition) is 1. The number of aromatic nitrogens is 2. The number of rotatable bonds is 5. The van der Waals surface area contributed by atoms with Crippen molar-refractivity contribution in [2.75, 3.05) is 11.4 Å². The first kappa shape index (κ1) is 13.8. The highest BCUT2D eigenvalue weighted by Gasteiger charge is 2.22. The summed E-state index contributed by atoms with van der Waals surface area (Å²) in [5.74, 6) is 1.06. The van der Waals surface area contributed by atoms with Crippen molar-refractivity contribution >= 4 is 5.82 Å². The van der Waals surface area contributed by atoms with Crippen LogP contribution in [0.15, 0.2) is 12.4 Å². The van der Waals surface area contributed by atoms with Crippen molar-refractivity contribution in [2.45, 2.75) is 70.5 Å². The largest absolute Gasteiger partial charge is 0.352 e. The molecule has 4 nitrogen and oxygen atoms in total. The predicted octanol–water partition coefficient (Wildman–Crippen LogP) is 2.89. The minimum Gasteiger partial charge on any atom is -0.352 e. The standard InChI is InChI=1S/C16H26N4/c1-2-15-6-4-3-5-9-20(15)16-12-18-14(11-19-16)10-17-13-7-8-13/h11-13,15,17H,2-10H2,1H3. The van der Waals surface area contributed by atoms with Crippen LogP contribution in [-0.2, 0) is 6.54 Å². The summed E-state index contributed by atoms with van der Waals surface area (Å²) in [7, 11) is 0. The van der Waals surface area contributed by atoms with E-state index >= 15 is 0 Å². The topological polar surface area (TPSA) is 41.1 Å². The monoisotopic (exact) mass is 274 g/mol. The van der Waals surface area contributed by atoms with Crippen molar-refractivity contribution in [3.8, 4) is 0 Å². The lowest BCUT2D eigenvalue weighted by atomic mass is 10.1. The van der Waals surface area contributed by atoms with Crippen LogP contribution in [0, 0.1) is 0 Å². The van der Waals surface area contributed by atoms with Crippen LogP contribution >= 0.6 is 0 Å². The second-order valence-corrected chi connectivity index (χ2v) is 6.13. The van der Waals surface area contributed by atoms with Crippen LogP contribution in [-0.4, -0.2) is 28.6 Å². The number of nitrogens with one attached hydrogen (secondary N) is 1. The fourth-order valence-electron chi connectivity index (χ4n) is 3.03. The second kappa shape index (κ2) is 6.53. The first-order chi connectivity index (χ1) is 9.86. The molecule has 0 spiro atoms. The second-order valence-electron chi connectivity index (χ2n) is 6.13. The quantitative estimate of drug-likeness (QED) is 0.896. The van der Waals surface area contributed by atoms with Gasteiger partial charge in [0.05, 0.1) is 18.1 Å². The average molecular weight is 274 g/mol. The molecule has 1 aliphatic heterocycles. The number of anilines is 1. The van der Waals surface area contributed by atoms with Crippen molar-refractivity contribution in [1.29, 1.82) is 0 Å². The molecule has 1 atom stereocenters. The lowest BCUT2D eigenvalue weighted by Gasteiger charge is -2.30. The summed E-state index contributed by atoms with van der Waals surface area (Å²) in [5.41, 5.74) is 1.06. The molecular weight excluding hydrogens is 248 g/mol. The molecule has 1 N–H and O–H groups in total. The first-order valence-corrected chi connectivity index (χ1v) is 8.17. The molecule has 1 aromatic heterocycles. The van der Waals surface area contributed by atoms with Gasteiger partial charge in [-0.1, -0.05) is 19.8 Å². The Morgan fingerprint density at radius 2 is 2.05 bits per heavy atom. The van der Waals surface area contributed by atoms with Crippen LogP contribution in [0.3, 0.4) is 0 Å². The Morgan fingerprint density at radius 1 is 1.15 bits per heavy atom. The maximum atomic E-state index is 4.66. The third kappa shape index (κ3) is 3.48. The highest BCUT2D eigenvalue weighted by atomic mass is 15.2. The minimum absolute atomic E-state index is 0.641. The van der Waals surface area contributed by atoms with Crippen LogP contribution in [0.25, 0.3) is 0 Å². The maximum absolute atomic E-state index is 4.66. The van der Waals surface area contributed by atoms with Crippen LogP contribution in [0.4, 0.5) is 5.82 Å². The van der Waals surface area contributed by atoms with Gasteiger partial charge in [0.1, 0.15) is 5.82 Å². The van der Waals surface area contributed by atoms with Gasteiger partial charge in [0.2, 0.25) is 0 Å². The Kier molecular flexibility index (Phi) is 4.51. The molecule has 110 valence electrons.